The lowest BCUT2D eigenvalue weighted by molar-refractivity contribution is -0.384. The molecular weight excluding hydrogens is 220 g/mol. The van der Waals surface area contributed by atoms with E-state index in [1.54, 1.807) is 12.1 Å². The van der Waals surface area contributed by atoms with E-state index < -0.39 is 4.92 Å². The molecule has 1 saturated carbocycles. The van der Waals surface area contributed by atoms with Crippen LogP contribution in [0.3, 0.4) is 0 Å². The van der Waals surface area contributed by atoms with Gasteiger partial charge in [0.05, 0.1) is 4.92 Å². The molecule has 5 heteroatoms. The number of hydrogen-bond acceptors (Lipinski definition) is 4. The number of nitro groups is 1. The minimum atomic E-state index is -0.463. The lowest BCUT2D eigenvalue weighted by Crippen LogP contribution is -2.18. The number of nitro benzene ring substituents is 1. The fourth-order valence-electron chi connectivity index (χ4n) is 1.85. The molecule has 1 aromatic rings. The molecule has 1 aromatic carbocycles. The third kappa shape index (κ3) is 2.61. The minimum Gasteiger partial charge on any atom is -0.377 e. The van der Waals surface area contributed by atoms with Crippen LogP contribution in [0.25, 0.3) is 0 Å². The van der Waals surface area contributed by atoms with Crippen LogP contribution in [0.15, 0.2) is 18.2 Å². The zero-order valence-electron chi connectivity index (χ0n) is 9.55. The number of anilines is 1. The number of hydrogen-bond donors (Lipinski definition) is 1. The van der Waals surface area contributed by atoms with Gasteiger partial charge in [-0.2, -0.15) is 0 Å². The van der Waals surface area contributed by atoms with E-state index in [2.05, 4.69) is 5.32 Å². The van der Waals surface area contributed by atoms with Crippen LogP contribution in [0.5, 0.6) is 0 Å². The number of carbonyl (C=O) groups is 1. The summed E-state index contributed by atoms with van der Waals surface area (Å²) in [5.41, 5.74) is 0.767. The fraction of sp³-hybridized carbons (Fsp3) is 0.417. The molecule has 1 aliphatic carbocycles. The summed E-state index contributed by atoms with van der Waals surface area (Å²) in [5, 5.41) is 14.1. The van der Waals surface area contributed by atoms with Gasteiger partial charge in [-0.15, -0.1) is 0 Å². The van der Waals surface area contributed by atoms with Gasteiger partial charge >= 0.3 is 0 Å². The van der Waals surface area contributed by atoms with Crippen molar-refractivity contribution in [1.82, 2.24) is 0 Å². The Bertz CT molecular complexity index is 455. The van der Waals surface area contributed by atoms with Crippen LogP contribution < -0.4 is 5.32 Å². The zero-order chi connectivity index (χ0) is 12.4. The summed E-state index contributed by atoms with van der Waals surface area (Å²) < 4.78 is 0. The number of nitrogens with zero attached hydrogens (tertiary/aromatic N) is 1. The molecule has 1 atom stereocenters. The Labute approximate surface area is 99.0 Å². The second-order valence-corrected chi connectivity index (χ2v) is 4.42. The molecule has 0 aliphatic heterocycles. The van der Waals surface area contributed by atoms with Crippen molar-refractivity contribution < 1.29 is 9.72 Å². The topological polar surface area (TPSA) is 72.2 Å². The van der Waals surface area contributed by atoms with Gasteiger partial charge in [0.15, 0.2) is 0 Å². The second kappa shape index (κ2) is 4.53. The van der Waals surface area contributed by atoms with Crippen molar-refractivity contribution in [3.8, 4) is 0 Å². The van der Waals surface area contributed by atoms with Gasteiger partial charge in [-0.25, -0.2) is 0 Å². The van der Waals surface area contributed by atoms with E-state index in [1.807, 2.05) is 6.92 Å². The molecule has 0 bridgehead atoms. The smallest absolute Gasteiger partial charge is 0.293 e. The van der Waals surface area contributed by atoms with Crippen LogP contribution in [0.2, 0.25) is 0 Å². The lowest BCUT2D eigenvalue weighted by atomic mass is 10.1. The predicted octanol–water partition coefficient (Wildman–Crippen LogP) is 2.62. The molecule has 0 radical (unpaired) electrons. The first-order valence-electron chi connectivity index (χ1n) is 5.62. The first kappa shape index (κ1) is 11.6. The molecule has 0 aromatic heterocycles. The first-order chi connectivity index (χ1) is 8.11. The van der Waals surface area contributed by atoms with Gasteiger partial charge in [0.1, 0.15) is 12.0 Å². The maximum Gasteiger partial charge on any atom is 0.293 e. The third-order valence-electron chi connectivity index (χ3n) is 3.07. The lowest BCUT2D eigenvalue weighted by Gasteiger charge is -2.14. The molecule has 90 valence electrons. The molecule has 0 saturated heterocycles. The molecule has 1 fully saturated rings. The average Bonchev–Trinajstić information content (AvgIpc) is 3.13. The molecule has 0 spiro atoms. The van der Waals surface area contributed by atoms with Crippen molar-refractivity contribution in [3.63, 3.8) is 0 Å². The highest BCUT2D eigenvalue weighted by Crippen LogP contribution is 2.35. The van der Waals surface area contributed by atoms with Gasteiger partial charge < -0.3 is 5.32 Å². The summed E-state index contributed by atoms with van der Waals surface area (Å²) in [5.74, 6) is 0.611. The Morgan fingerprint density at radius 1 is 1.53 bits per heavy atom. The largest absolute Gasteiger partial charge is 0.377 e. The summed E-state index contributed by atoms with van der Waals surface area (Å²) in [6.07, 6.45) is 2.96. The van der Waals surface area contributed by atoms with Gasteiger partial charge in [-0.3, -0.25) is 14.9 Å². The van der Waals surface area contributed by atoms with Crippen molar-refractivity contribution in [2.45, 2.75) is 25.8 Å². The van der Waals surface area contributed by atoms with E-state index in [1.165, 1.54) is 18.9 Å². The van der Waals surface area contributed by atoms with Crippen LogP contribution in [0.1, 0.15) is 30.1 Å². The van der Waals surface area contributed by atoms with Crippen molar-refractivity contribution >= 4 is 17.7 Å². The highest BCUT2D eigenvalue weighted by atomic mass is 16.6. The standard InChI is InChI=1S/C12H14N2O3/c1-8(10-3-4-10)13-11-5-2-9(7-15)6-12(11)14(16)17/h2,5-8,10,13H,3-4H2,1H3. The van der Waals surface area contributed by atoms with E-state index in [-0.39, 0.29) is 11.7 Å². The maximum atomic E-state index is 10.9. The highest BCUT2D eigenvalue weighted by molar-refractivity contribution is 5.79. The Kier molecular flexibility index (Phi) is 3.08. The molecule has 17 heavy (non-hydrogen) atoms. The average molecular weight is 234 g/mol. The summed E-state index contributed by atoms with van der Waals surface area (Å²) in [7, 11) is 0. The fourth-order valence-corrected chi connectivity index (χ4v) is 1.85. The summed E-state index contributed by atoms with van der Waals surface area (Å²) in [6.45, 7) is 2.02. The van der Waals surface area contributed by atoms with Crippen molar-refractivity contribution in [2.24, 2.45) is 5.92 Å². The second-order valence-electron chi connectivity index (χ2n) is 4.42. The van der Waals surface area contributed by atoms with Crippen LogP contribution in [0.4, 0.5) is 11.4 Å². The third-order valence-corrected chi connectivity index (χ3v) is 3.07. The summed E-state index contributed by atoms with van der Waals surface area (Å²) >= 11 is 0. The van der Waals surface area contributed by atoms with Crippen LogP contribution in [-0.4, -0.2) is 17.3 Å². The Morgan fingerprint density at radius 2 is 2.24 bits per heavy atom. The van der Waals surface area contributed by atoms with Crippen LogP contribution >= 0.6 is 0 Å². The maximum absolute atomic E-state index is 10.9. The van der Waals surface area contributed by atoms with Gasteiger partial charge in [0.25, 0.3) is 5.69 Å². The van der Waals surface area contributed by atoms with E-state index in [0.29, 0.717) is 23.5 Å². The van der Waals surface area contributed by atoms with Gasteiger partial charge in [-0.05, 0) is 37.8 Å². The SMILES string of the molecule is CC(Nc1ccc(C=O)cc1[N+](=O)[O-])C1CC1. The van der Waals surface area contributed by atoms with Crippen molar-refractivity contribution in [1.29, 1.82) is 0 Å². The molecule has 1 unspecified atom stereocenters. The molecule has 1 N–H and O–H groups in total. The van der Waals surface area contributed by atoms with E-state index in [9.17, 15) is 14.9 Å². The summed E-state index contributed by atoms with van der Waals surface area (Å²) in [4.78, 5) is 21.0. The Morgan fingerprint density at radius 3 is 2.76 bits per heavy atom. The number of benzene rings is 1. The Hall–Kier alpha value is -1.91. The molecule has 0 amide bonds. The van der Waals surface area contributed by atoms with E-state index in [4.69, 9.17) is 0 Å². The van der Waals surface area contributed by atoms with Crippen LogP contribution in [0, 0.1) is 16.0 Å². The quantitative estimate of drug-likeness (QED) is 0.483. The highest BCUT2D eigenvalue weighted by Gasteiger charge is 2.29. The van der Waals surface area contributed by atoms with Gasteiger partial charge in [0.2, 0.25) is 0 Å². The number of rotatable bonds is 5. The van der Waals surface area contributed by atoms with E-state index in [0.717, 1.165) is 0 Å². The van der Waals surface area contributed by atoms with Gasteiger partial charge in [0, 0.05) is 17.7 Å². The predicted molar refractivity (Wildman–Crippen MR) is 64.3 cm³/mol. The van der Waals surface area contributed by atoms with Gasteiger partial charge in [-0.1, -0.05) is 0 Å². The zero-order valence-corrected chi connectivity index (χ0v) is 9.55. The van der Waals surface area contributed by atoms with Crippen LogP contribution in [-0.2, 0) is 0 Å². The molecule has 1 aliphatic rings. The molecular formula is C12H14N2O3. The molecule has 0 heterocycles. The number of carbonyl (C=O) groups excluding carboxylic acids is 1. The van der Waals surface area contributed by atoms with E-state index >= 15 is 0 Å². The Balaban J connectivity index is 2.24. The minimum absolute atomic E-state index is 0.0397. The first-order valence-corrected chi connectivity index (χ1v) is 5.62. The normalized spacial score (nSPS) is 16.3. The number of nitrogens with one attached hydrogen (secondary N) is 1. The summed E-state index contributed by atoms with van der Waals surface area (Å²) in [6, 6.07) is 4.72. The number of aldehydes is 1. The molecule has 2 rings (SSSR count). The monoisotopic (exact) mass is 234 g/mol. The van der Waals surface area contributed by atoms with Crippen molar-refractivity contribution in [2.75, 3.05) is 5.32 Å². The molecule has 5 nitrogen and oxygen atoms in total. The van der Waals surface area contributed by atoms with Crippen molar-refractivity contribution in [3.05, 3.63) is 33.9 Å².